The van der Waals surface area contributed by atoms with Gasteiger partial charge in [0.05, 0.1) is 10.9 Å². The van der Waals surface area contributed by atoms with Crippen LogP contribution in [0.3, 0.4) is 0 Å². The molecule has 2 aromatic carbocycles. The third kappa shape index (κ3) is 2.56. The van der Waals surface area contributed by atoms with Crippen LogP contribution in [0.15, 0.2) is 59.4 Å². The van der Waals surface area contributed by atoms with E-state index in [1.807, 2.05) is 59.2 Å². The minimum Gasteiger partial charge on any atom is -0.289 e. The summed E-state index contributed by atoms with van der Waals surface area (Å²) in [7, 11) is 0. The second-order valence-electron chi connectivity index (χ2n) is 6.29. The van der Waals surface area contributed by atoms with E-state index in [0.717, 1.165) is 35.1 Å². The molecule has 1 aliphatic carbocycles. The molecule has 3 nitrogen and oxygen atoms in total. The molecule has 23 heavy (non-hydrogen) atoms. The molecule has 0 N–H and O–H groups in total. The molecule has 1 aromatic heterocycles. The highest BCUT2D eigenvalue weighted by molar-refractivity contribution is 5.79. The highest BCUT2D eigenvalue weighted by Gasteiger charge is 2.22. The van der Waals surface area contributed by atoms with E-state index in [1.165, 1.54) is 19.3 Å². The van der Waals surface area contributed by atoms with E-state index in [1.54, 1.807) is 0 Å². The summed E-state index contributed by atoms with van der Waals surface area (Å²) in [4.78, 5) is 18.0. The predicted octanol–water partition coefficient (Wildman–Crippen LogP) is 4.57. The molecule has 1 aliphatic rings. The van der Waals surface area contributed by atoms with Crippen molar-refractivity contribution in [2.45, 2.75) is 38.1 Å². The Kier molecular flexibility index (Phi) is 3.70. The van der Waals surface area contributed by atoms with Gasteiger partial charge in [0.25, 0.3) is 5.56 Å². The summed E-state index contributed by atoms with van der Waals surface area (Å²) < 4.78 is 1.96. The van der Waals surface area contributed by atoms with E-state index in [9.17, 15) is 4.79 Å². The minimum atomic E-state index is 0.0985. The van der Waals surface area contributed by atoms with Gasteiger partial charge in [0, 0.05) is 11.6 Å². The maximum absolute atomic E-state index is 13.1. The van der Waals surface area contributed by atoms with Gasteiger partial charge in [-0.05, 0) is 25.0 Å². The lowest BCUT2D eigenvalue weighted by Crippen LogP contribution is -2.29. The Morgan fingerprint density at radius 3 is 2.35 bits per heavy atom. The van der Waals surface area contributed by atoms with Crippen molar-refractivity contribution in [3.05, 3.63) is 65.0 Å². The lowest BCUT2D eigenvalue weighted by Gasteiger charge is -2.26. The number of hydrogen-bond acceptors (Lipinski definition) is 2. The minimum absolute atomic E-state index is 0.0985. The third-order valence-electron chi connectivity index (χ3n) is 4.78. The van der Waals surface area contributed by atoms with Crippen molar-refractivity contribution in [1.29, 1.82) is 0 Å². The van der Waals surface area contributed by atoms with Gasteiger partial charge >= 0.3 is 0 Å². The molecule has 0 spiro atoms. The van der Waals surface area contributed by atoms with Gasteiger partial charge in [0.15, 0.2) is 0 Å². The van der Waals surface area contributed by atoms with Gasteiger partial charge in [-0.2, -0.15) is 0 Å². The van der Waals surface area contributed by atoms with Crippen LogP contribution in [-0.4, -0.2) is 9.55 Å². The highest BCUT2D eigenvalue weighted by Crippen LogP contribution is 2.31. The van der Waals surface area contributed by atoms with Crippen molar-refractivity contribution < 1.29 is 0 Å². The molecule has 0 saturated heterocycles. The van der Waals surface area contributed by atoms with Crippen LogP contribution in [0.1, 0.15) is 38.1 Å². The molecule has 0 bridgehead atoms. The monoisotopic (exact) mass is 304 g/mol. The zero-order chi connectivity index (χ0) is 15.6. The summed E-state index contributed by atoms with van der Waals surface area (Å²) in [6.45, 7) is 0. The number of rotatable bonds is 2. The first-order valence-corrected chi connectivity index (χ1v) is 8.41. The molecule has 3 heteroatoms. The molecular formula is C20H20N2O. The Morgan fingerprint density at radius 2 is 1.57 bits per heavy atom. The fourth-order valence-corrected chi connectivity index (χ4v) is 3.61. The maximum atomic E-state index is 13.1. The second kappa shape index (κ2) is 5.99. The first kappa shape index (κ1) is 14.2. The summed E-state index contributed by atoms with van der Waals surface area (Å²) >= 11 is 0. The SMILES string of the molecule is O=c1c2ccccc2nc(-c2ccccc2)n1C1CCCCC1. The summed E-state index contributed by atoms with van der Waals surface area (Å²) in [6, 6.07) is 18.0. The summed E-state index contributed by atoms with van der Waals surface area (Å²) in [5.74, 6) is 0.807. The Morgan fingerprint density at radius 1 is 0.870 bits per heavy atom. The smallest absolute Gasteiger partial charge is 0.261 e. The van der Waals surface area contributed by atoms with E-state index in [0.29, 0.717) is 0 Å². The lowest BCUT2D eigenvalue weighted by atomic mass is 9.94. The summed E-state index contributed by atoms with van der Waals surface area (Å²) in [6.07, 6.45) is 5.79. The van der Waals surface area contributed by atoms with Gasteiger partial charge in [-0.1, -0.05) is 61.7 Å². The van der Waals surface area contributed by atoms with Crippen LogP contribution in [0.4, 0.5) is 0 Å². The fourth-order valence-electron chi connectivity index (χ4n) is 3.61. The molecule has 0 aliphatic heterocycles. The van der Waals surface area contributed by atoms with Crippen LogP contribution in [0.5, 0.6) is 0 Å². The number of nitrogens with zero attached hydrogens (tertiary/aromatic N) is 2. The van der Waals surface area contributed by atoms with Gasteiger partial charge in [-0.15, -0.1) is 0 Å². The molecule has 1 saturated carbocycles. The zero-order valence-corrected chi connectivity index (χ0v) is 13.1. The van der Waals surface area contributed by atoms with E-state index >= 15 is 0 Å². The van der Waals surface area contributed by atoms with Gasteiger partial charge in [-0.25, -0.2) is 4.98 Å². The molecule has 0 radical (unpaired) electrons. The van der Waals surface area contributed by atoms with Crippen LogP contribution in [-0.2, 0) is 0 Å². The summed E-state index contributed by atoms with van der Waals surface area (Å²) in [5.41, 5.74) is 1.89. The van der Waals surface area contributed by atoms with Crippen molar-refractivity contribution in [3.63, 3.8) is 0 Å². The summed E-state index contributed by atoms with van der Waals surface area (Å²) in [5, 5.41) is 0.720. The van der Waals surface area contributed by atoms with Crippen LogP contribution >= 0.6 is 0 Å². The Bertz CT molecular complexity index is 877. The van der Waals surface area contributed by atoms with Gasteiger partial charge in [-0.3, -0.25) is 9.36 Å². The van der Waals surface area contributed by atoms with E-state index in [2.05, 4.69) is 0 Å². The molecule has 116 valence electrons. The molecule has 0 atom stereocenters. The molecule has 4 rings (SSSR count). The second-order valence-corrected chi connectivity index (χ2v) is 6.29. The molecule has 0 amide bonds. The highest BCUT2D eigenvalue weighted by atomic mass is 16.1. The standard InChI is InChI=1S/C20H20N2O/c23-20-17-13-7-8-14-18(17)21-19(15-9-3-1-4-10-15)22(20)16-11-5-2-6-12-16/h1,3-4,7-10,13-14,16H,2,5-6,11-12H2. The van der Waals surface area contributed by atoms with Crippen molar-refractivity contribution >= 4 is 10.9 Å². The van der Waals surface area contributed by atoms with Gasteiger partial charge in [0.1, 0.15) is 5.82 Å². The van der Waals surface area contributed by atoms with Crippen molar-refractivity contribution in [1.82, 2.24) is 9.55 Å². The van der Waals surface area contributed by atoms with Gasteiger partial charge in [0.2, 0.25) is 0 Å². The Balaban J connectivity index is 2.00. The third-order valence-corrected chi connectivity index (χ3v) is 4.78. The first-order valence-electron chi connectivity index (χ1n) is 8.41. The Hall–Kier alpha value is -2.42. The molecular weight excluding hydrogens is 284 g/mol. The van der Waals surface area contributed by atoms with Crippen molar-refractivity contribution in [3.8, 4) is 11.4 Å². The number of hydrogen-bond donors (Lipinski definition) is 0. The quantitative estimate of drug-likeness (QED) is 0.695. The van der Waals surface area contributed by atoms with Crippen LogP contribution < -0.4 is 5.56 Å². The first-order chi connectivity index (χ1) is 11.3. The number of fused-ring (bicyclic) bond motifs is 1. The Labute approximate surface area is 135 Å². The molecule has 1 heterocycles. The topological polar surface area (TPSA) is 34.9 Å². The number of aromatic nitrogens is 2. The molecule has 1 fully saturated rings. The van der Waals surface area contributed by atoms with E-state index < -0.39 is 0 Å². The normalized spacial score (nSPS) is 15.8. The number of benzene rings is 2. The van der Waals surface area contributed by atoms with E-state index in [4.69, 9.17) is 4.98 Å². The lowest BCUT2D eigenvalue weighted by molar-refractivity contribution is 0.348. The van der Waals surface area contributed by atoms with Crippen molar-refractivity contribution in [2.24, 2.45) is 0 Å². The van der Waals surface area contributed by atoms with E-state index in [-0.39, 0.29) is 11.6 Å². The maximum Gasteiger partial charge on any atom is 0.261 e. The fraction of sp³-hybridized carbons (Fsp3) is 0.300. The van der Waals surface area contributed by atoms with Crippen molar-refractivity contribution in [2.75, 3.05) is 0 Å². The average molecular weight is 304 g/mol. The zero-order valence-electron chi connectivity index (χ0n) is 13.1. The van der Waals surface area contributed by atoms with Gasteiger partial charge < -0.3 is 0 Å². The molecule has 3 aromatic rings. The number of para-hydroxylation sites is 1. The van der Waals surface area contributed by atoms with Crippen LogP contribution in [0.2, 0.25) is 0 Å². The predicted molar refractivity (Wildman–Crippen MR) is 93.6 cm³/mol. The van der Waals surface area contributed by atoms with Crippen LogP contribution in [0.25, 0.3) is 22.3 Å². The largest absolute Gasteiger partial charge is 0.289 e. The average Bonchev–Trinajstić information content (AvgIpc) is 2.63. The molecule has 0 unspecified atom stereocenters. The van der Waals surface area contributed by atoms with Crippen LogP contribution in [0, 0.1) is 0 Å².